The molecule has 7 heteroatoms. The summed E-state index contributed by atoms with van der Waals surface area (Å²) < 4.78 is 11.4. The molecule has 110 valence electrons. The van der Waals surface area contributed by atoms with Crippen LogP contribution in [0.2, 0.25) is 0 Å². The molecule has 0 amide bonds. The lowest BCUT2D eigenvalue weighted by Gasteiger charge is -2.25. The predicted molar refractivity (Wildman–Crippen MR) is 84.6 cm³/mol. The molecule has 1 aromatic heterocycles. The van der Waals surface area contributed by atoms with Crippen molar-refractivity contribution in [1.29, 1.82) is 0 Å². The SMILES string of the molecule is O=C(O)c1sc(N2CCS(=O)CC2)nc1-c1ccccc1. The van der Waals surface area contributed by atoms with E-state index in [2.05, 4.69) is 4.98 Å². The molecule has 2 heterocycles. The highest BCUT2D eigenvalue weighted by Crippen LogP contribution is 2.33. The van der Waals surface area contributed by atoms with Crippen molar-refractivity contribution in [3.63, 3.8) is 0 Å². The molecule has 0 saturated carbocycles. The summed E-state index contributed by atoms with van der Waals surface area (Å²) in [6, 6.07) is 9.33. The molecule has 0 unspecified atom stereocenters. The zero-order chi connectivity index (χ0) is 14.8. The Hall–Kier alpha value is -1.73. The highest BCUT2D eigenvalue weighted by Gasteiger charge is 2.24. The lowest BCUT2D eigenvalue weighted by Crippen LogP contribution is -2.37. The van der Waals surface area contributed by atoms with E-state index in [-0.39, 0.29) is 4.88 Å². The fourth-order valence-corrected chi connectivity index (χ4v) is 4.24. The Morgan fingerprint density at radius 3 is 2.52 bits per heavy atom. The van der Waals surface area contributed by atoms with E-state index in [1.54, 1.807) is 0 Å². The minimum Gasteiger partial charge on any atom is -0.477 e. The van der Waals surface area contributed by atoms with Gasteiger partial charge >= 0.3 is 5.97 Å². The molecule has 2 aromatic rings. The lowest BCUT2D eigenvalue weighted by molar-refractivity contribution is 0.0702. The first-order valence-corrected chi connectivity index (χ1v) is 8.85. The quantitative estimate of drug-likeness (QED) is 0.937. The van der Waals surface area contributed by atoms with Crippen molar-refractivity contribution >= 4 is 33.2 Å². The molecule has 1 aliphatic rings. The van der Waals surface area contributed by atoms with Crippen molar-refractivity contribution < 1.29 is 14.1 Å². The van der Waals surface area contributed by atoms with Crippen LogP contribution in [0.25, 0.3) is 11.3 Å². The van der Waals surface area contributed by atoms with Crippen LogP contribution >= 0.6 is 11.3 Å². The van der Waals surface area contributed by atoms with Crippen molar-refractivity contribution in [2.75, 3.05) is 29.5 Å². The van der Waals surface area contributed by atoms with Crippen LogP contribution in [0.4, 0.5) is 5.13 Å². The van der Waals surface area contributed by atoms with Crippen molar-refractivity contribution in [3.8, 4) is 11.3 Å². The average molecular weight is 322 g/mol. The average Bonchev–Trinajstić information content (AvgIpc) is 2.94. The number of anilines is 1. The van der Waals surface area contributed by atoms with E-state index in [0.717, 1.165) is 5.56 Å². The molecule has 21 heavy (non-hydrogen) atoms. The number of aromatic carboxylic acids is 1. The topological polar surface area (TPSA) is 70.5 Å². The second kappa shape index (κ2) is 5.95. The van der Waals surface area contributed by atoms with Crippen LogP contribution in [-0.2, 0) is 10.8 Å². The monoisotopic (exact) mass is 322 g/mol. The van der Waals surface area contributed by atoms with Crippen molar-refractivity contribution in [2.45, 2.75) is 0 Å². The summed E-state index contributed by atoms with van der Waals surface area (Å²) in [5, 5.41) is 10.1. The lowest BCUT2D eigenvalue weighted by atomic mass is 10.1. The zero-order valence-corrected chi connectivity index (χ0v) is 12.8. The number of hydrogen-bond donors (Lipinski definition) is 1. The summed E-state index contributed by atoms with van der Waals surface area (Å²) in [7, 11) is -0.759. The van der Waals surface area contributed by atoms with Crippen LogP contribution in [0.3, 0.4) is 0 Å². The van der Waals surface area contributed by atoms with Gasteiger partial charge in [-0.05, 0) is 0 Å². The van der Waals surface area contributed by atoms with E-state index in [4.69, 9.17) is 0 Å². The maximum Gasteiger partial charge on any atom is 0.348 e. The predicted octanol–water partition coefficient (Wildman–Crippen LogP) is 2.08. The fraction of sp³-hybridized carbons (Fsp3) is 0.286. The van der Waals surface area contributed by atoms with Gasteiger partial charge in [-0.1, -0.05) is 41.7 Å². The standard InChI is InChI=1S/C14H14N2O3S2/c17-13(18)12-11(10-4-2-1-3-5-10)15-14(20-12)16-6-8-21(19)9-7-16/h1-5H,6-9H2,(H,17,18). The Bertz CT molecular complexity index is 675. The number of nitrogens with zero attached hydrogens (tertiary/aromatic N) is 2. The maximum absolute atomic E-state index is 11.4. The number of hydrogen-bond acceptors (Lipinski definition) is 5. The fourth-order valence-electron chi connectivity index (χ4n) is 2.21. The molecule has 1 aliphatic heterocycles. The third-order valence-electron chi connectivity index (χ3n) is 3.31. The maximum atomic E-state index is 11.4. The molecule has 5 nitrogen and oxygen atoms in total. The Kier molecular flexibility index (Phi) is 4.03. The molecular formula is C14H14N2O3S2. The van der Waals surface area contributed by atoms with Crippen LogP contribution in [-0.4, -0.2) is 44.9 Å². The van der Waals surface area contributed by atoms with Gasteiger partial charge < -0.3 is 10.0 Å². The molecule has 1 saturated heterocycles. The Morgan fingerprint density at radius 2 is 1.90 bits per heavy atom. The summed E-state index contributed by atoms with van der Waals surface area (Å²) in [4.78, 5) is 18.2. The van der Waals surface area contributed by atoms with Gasteiger partial charge in [-0.2, -0.15) is 0 Å². The van der Waals surface area contributed by atoms with Gasteiger partial charge in [-0.25, -0.2) is 9.78 Å². The van der Waals surface area contributed by atoms with Crippen LogP contribution in [0.1, 0.15) is 9.67 Å². The molecule has 3 rings (SSSR count). The van der Waals surface area contributed by atoms with Gasteiger partial charge in [-0.15, -0.1) is 0 Å². The Balaban J connectivity index is 1.97. The normalized spacial score (nSPS) is 16.1. The van der Waals surface area contributed by atoms with E-state index in [0.29, 0.717) is 35.4 Å². The third-order valence-corrected chi connectivity index (χ3v) is 5.69. The van der Waals surface area contributed by atoms with E-state index in [1.165, 1.54) is 11.3 Å². The molecule has 0 radical (unpaired) electrons. The van der Waals surface area contributed by atoms with Crippen LogP contribution in [0.5, 0.6) is 0 Å². The molecule has 0 aliphatic carbocycles. The van der Waals surface area contributed by atoms with E-state index in [9.17, 15) is 14.1 Å². The molecule has 1 fully saturated rings. The smallest absolute Gasteiger partial charge is 0.348 e. The van der Waals surface area contributed by atoms with Crippen LogP contribution in [0, 0.1) is 0 Å². The Labute approximate surface area is 128 Å². The van der Waals surface area contributed by atoms with E-state index >= 15 is 0 Å². The van der Waals surface area contributed by atoms with Gasteiger partial charge in [0.15, 0.2) is 5.13 Å². The van der Waals surface area contributed by atoms with Gasteiger partial charge in [0.1, 0.15) is 4.88 Å². The molecule has 0 bridgehead atoms. The highest BCUT2D eigenvalue weighted by molar-refractivity contribution is 7.85. The minimum atomic E-state index is -0.960. The van der Waals surface area contributed by atoms with Gasteiger partial charge in [0, 0.05) is 41.0 Å². The molecule has 1 N–H and O–H groups in total. The summed E-state index contributed by atoms with van der Waals surface area (Å²) in [5.74, 6) is 0.267. The second-order valence-corrected chi connectivity index (χ2v) is 7.35. The summed E-state index contributed by atoms with van der Waals surface area (Å²) in [6.07, 6.45) is 0. The largest absolute Gasteiger partial charge is 0.477 e. The number of carboxylic acids is 1. The summed E-state index contributed by atoms with van der Waals surface area (Å²) in [6.45, 7) is 1.32. The van der Waals surface area contributed by atoms with Gasteiger partial charge in [-0.3, -0.25) is 4.21 Å². The van der Waals surface area contributed by atoms with Gasteiger partial charge in [0.2, 0.25) is 0 Å². The number of rotatable bonds is 3. The van der Waals surface area contributed by atoms with Crippen molar-refractivity contribution in [2.24, 2.45) is 0 Å². The third kappa shape index (κ3) is 2.98. The number of benzene rings is 1. The minimum absolute atomic E-state index is 0.253. The number of carbonyl (C=O) groups is 1. The molecule has 0 atom stereocenters. The molecular weight excluding hydrogens is 308 g/mol. The number of aromatic nitrogens is 1. The number of thiazole rings is 1. The van der Waals surface area contributed by atoms with Gasteiger partial charge in [0.25, 0.3) is 0 Å². The zero-order valence-electron chi connectivity index (χ0n) is 11.2. The Morgan fingerprint density at radius 1 is 1.24 bits per heavy atom. The summed E-state index contributed by atoms with van der Waals surface area (Å²) in [5.41, 5.74) is 1.31. The van der Waals surface area contributed by atoms with Crippen molar-refractivity contribution in [3.05, 3.63) is 35.2 Å². The molecule has 0 spiro atoms. The van der Waals surface area contributed by atoms with Crippen LogP contribution < -0.4 is 4.90 Å². The van der Waals surface area contributed by atoms with E-state index < -0.39 is 16.8 Å². The van der Waals surface area contributed by atoms with Gasteiger partial charge in [0.05, 0.1) is 5.69 Å². The molecule has 1 aromatic carbocycles. The number of carboxylic acid groups (broad SMARTS) is 1. The van der Waals surface area contributed by atoms with Crippen LogP contribution in [0.15, 0.2) is 30.3 Å². The highest BCUT2D eigenvalue weighted by atomic mass is 32.2. The first-order valence-electron chi connectivity index (χ1n) is 6.54. The second-order valence-electron chi connectivity index (χ2n) is 4.68. The van der Waals surface area contributed by atoms with Crippen molar-refractivity contribution in [1.82, 2.24) is 4.98 Å². The van der Waals surface area contributed by atoms with E-state index in [1.807, 2.05) is 35.2 Å². The summed E-state index contributed by atoms with van der Waals surface area (Å²) >= 11 is 1.19. The first-order chi connectivity index (χ1) is 10.1. The first kappa shape index (κ1) is 14.2.